The second kappa shape index (κ2) is 6.76. The Labute approximate surface area is 133 Å². The summed E-state index contributed by atoms with van der Waals surface area (Å²) in [6.07, 6.45) is 1.70. The van der Waals surface area contributed by atoms with Crippen molar-refractivity contribution in [1.82, 2.24) is 20.0 Å². The first kappa shape index (κ1) is 15.4. The van der Waals surface area contributed by atoms with Gasteiger partial charge < -0.3 is 16.0 Å². The van der Waals surface area contributed by atoms with E-state index in [1.54, 1.807) is 23.2 Å². The Bertz CT molecular complexity index is 705. The maximum atomic E-state index is 12.2. The van der Waals surface area contributed by atoms with E-state index in [0.717, 1.165) is 30.5 Å². The number of aromatic nitrogens is 2. The Morgan fingerprint density at radius 2 is 2.04 bits per heavy atom. The molecular weight excluding hydrogens is 296 g/mol. The molecule has 4 N–H and O–H groups in total. The summed E-state index contributed by atoms with van der Waals surface area (Å²) in [5, 5.41) is 10.4. The number of H-pyrrole nitrogens is 1. The first-order valence-corrected chi connectivity index (χ1v) is 7.63. The van der Waals surface area contributed by atoms with Crippen molar-refractivity contribution in [1.29, 1.82) is 0 Å². The molecule has 0 spiro atoms. The van der Waals surface area contributed by atoms with Crippen LogP contribution in [0.3, 0.4) is 0 Å². The molecule has 0 unspecified atom stereocenters. The second-order valence-electron chi connectivity index (χ2n) is 5.55. The predicted octanol–water partition coefficient (Wildman–Crippen LogP) is -0.396. The Hall–Kier alpha value is -2.45. The zero-order valence-corrected chi connectivity index (χ0v) is 12.8. The fraction of sp³-hybridized carbons (Fsp3) is 0.400. The average molecular weight is 316 g/mol. The topological polar surface area (TPSA) is 107 Å². The van der Waals surface area contributed by atoms with Crippen molar-refractivity contribution in [3.05, 3.63) is 24.4 Å². The quantitative estimate of drug-likeness (QED) is 0.668. The van der Waals surface area contributed by atoms with Crippen molar-refractivity contribution in [2.24, 2.45) is 5.73 Å². The van der Waals surface area contributed by atoms with Crippen LogP contribution >= 0.6 is 0 Å². The average Bonchev–Trinajstić information content (AvgIpc) is 3.03. The summed E-state index contributed by atoms with van der Waals surface area (Å²) in [6.45, 7) is 4.01. The van der Waals surface area contributed by atoms with E-state index in [9.17, 15) is 9.59 Å². The van der Waals surface area contributed by atoms with Gasteiger partial charge in [-0.05, 0) is 18.2 Å². The molecule has 0 atom stereocenters. The zero-order valence-electron chi connectivity index (χ0n) is 12.8. The molecule has 0 radical (unpaired) electrons. The number of benzene rings is 1. The lowest BCUT2D eigenvalue weighted by Crippen LogP contribution is -2.52. The van der Waals surface area contributed by atoms with Crippen LogP contribution in [0.1, 0.15) is 0 Å². The number of nitrogens with zero attached hydrogens (tertiary/aromatic N) is 3. The third-order valence-corrected chi connectivity index (χ3v) is 4.00. The zero-order chi connectivity index (χ0) is 16.2. The van der Waals surface area contributed by atoms with E-state index >= 15 is 0 Å². The molecule has 8 heteroatoms. The number of nitrogens with one attached hydrogen (secondary N) is 2. The molecular formula is C15H20N6O2. The highest BCUT2D eigenvalue weighted by atomic mass is 16.2. The molecule has 23 heavy (non-hydrogen) atoms. The molecule has 3 rings (SSSR count). The predicted molar refractivity (Wildman–Crippen MR) is 86.8 cm³/mol. The molecule has 0 saturated carbocycles. The highest BCUT2D eigenvalue weighted by Crippen LogP contribution is 2.16. The number of piperazine rings is 1. The summed E-state index contributed by atoms with van der Waals surface area (Å²) < 4.78 is 0. The number of amides is 2. The smallest absolute Gasteiger partial charge is 0.313 e. The van der Waals surface area contributed by atoms with Crippen molar-refractivity contribution in [2.45, 2.75) is 0 Å². The molecule has 1 aliphatic heterocycles. The normalized spacial score (nSPS) is 15.8. The molecule has 8 nitrogen and oxygen atoms in total. The standard InChI is InChI=1S/C15H20N6O2/c16-3-4-20-5-7-21(8-6-20)15(23)14(22)18-12-2-1-11-10-17-19-13(11)9-12/h1-2,9-10H,3-8,16H2,(H,17,19)(H,18,22). The van der Waals surface area contributed by atoms with Crippen LogP contribution < -0.4 is 11.1 Å². The minimum Gasteiger partial charge on any atom is -0.332 e. The van der Waals surface area contributed by atoms with Crippen molar-refractivity contribution in [3.63, 3.8) is 0 Å². The van der Waals surface area contributed by atoms with Crippen LogP contribution in [-0.4, -0.2) is 71.1 Å². The Balaban J connectivity index is 1.58. The first-order chi connectivity index (χ1) is 11.2. The van der Waals surface area contributed by atoms with Crippen molar-refractivity contribution in [2.75, 3.05) is 44.6 Å². The first-order valence-electron chi connectivity index (χ1n) is 7.63. The van der Waals surface area contributed by atoms with Gasteiger partial charge in [-0.2, -0.15) is 5.10 Å². The lowest BCUT2D eigenvalue weighted by molar-refractivity contribution is -0.144. The summed E-state index contributed by atoms with van der Waals surface area (Å²) in [6, 6.07) is 5.35. The van der Waals surface area contributed by atoms with Crippen LogP contribution in [0.2, 0.25) is 0 Å². The molecule has 2 aromatic rings. The number of hydrogen-bond acceptors (Lipinski definition) is 5. The number of anilines is 1. The van der Waals surface area contributed by atoms with Gasteiger partial charge in [0.15, 0.2) is 0 Å². The van der Waals surface area contributed by atoms with Gasteiger partial charge in [0.2, 0.25) is 0 Å². The molecule has 1 aromatic carbocycles. The molecule has 1 fully saturated rings. The molecule has 0 bridgehead atoms. The number of rotatable bonds is 3. The summed E-state index contributed by atoms with van der Waals surface area (Å²) in [7, 11) is 0. The van der Waals surface area contributed by atoms with E-state index in [1.165, 1.54) is 0 Å². The molecule has 0 aliphatic carbocycles. The third-order valence-electron chi connectivity index (χ3n) is 4.00. The number of nitrogens with two attached hydrogens (primary N) is 1. The number of fused-ring (bicyclic) bond motifs is 1. The van der Waals surface area contributed by atoms with E-state index in [1.807, 2.05) is 6.07 Å². The molecule has 2 heterocycles. The van der Waals surface area contributed by atoms with E-state index in [0.29, 0.717) is 25.3 Å². The number of aromatic amines is 1. The molecule has 1 aromatic heterocycles. The SMILES string of the molecule is NCCN1CCN(C(=O)C(=O)Nc2ccc3cn[nH]c3c2)CC1. The van der Waals surface area contributed by atoms with Crippen LogP contribution in [0.25, 0.3) is 10.9 Å². The summed E-state index contributed by atoms with van der Waals surface area (Å²) in [4.78, 5) is 28.1. The van der Waals surface area contributed by atoms with Gasteiger partial charge in [-0.15, -0.1) is 0 Å². The maximum Gasteiger partial charge on any atom is 0.313 e. The van der Waals surface area contributed by atoms with Gasteiger partial charge in [-0.1, -0.05) is 0 Å². The fourth-order valence-corrected chi connectivity index (χ4v) is 2.70. The summed E-state index contributed by atoms with van der Waals surface area (Å²) >= 11 is 0. The highest BCUT2D eigenvalue weighted by molar-refractivity contribution is 6.39. The monoisotopic (exact) mass is 316 g/mol. The van der Waals surface area contributed by atoms with Gasteiger partial charge in [0, 0.05) is 50.3 Å². The molecule has 1 saturated heterocycles. The summed E-state index contributed by atoms with van der Waals surface area (Å²) in [5.74, 6) is -1.11. The number of hydrogen-bond donors (Lipinski definition) is 3. The van der Waals surface area contributed by atoms with E-state index in [-0.39, 0.29) is 0 Å². The van der Waals surface area contributed by atoms with Gasteiger partial charge in [-0.3, -0.25) is 19.6 Å². The van der Waals surface area contributed by atoms with Gasteiger partial charge in [0.1, 0.15) is 0 Å². The third kappa shape index (κ3) is 3.49. The minimum absolute atomic E-state index is 0.498. The Kier molecular flexibility index (Phi) is 4.54. The largest absolute Gasteiger partial charge is 0.332 e. The van der Waals surface area contributed by atoms with Crippen molar-refractivity contribution < 1.29 is 9.59 Å². The highest BCUT2D eigenvalue weighted by Gasteiger charge is 2.25. The van der Waals surface area contributed by atoms with Crippen LogP contribution in [0.15, 0.2) is 24.4 Å². The Morgan fingerprint density at radius 1 is 1.26 bits per heavy atom. The van der Waals surface area contributed by atoms with E-state index < -0.39 is 11.8 Å². The minimum atomic E-state index is -0.615. The van der Waals surface area contributed by atoms with Crippen molar-refractivity contribution >= 4 is 28.4 Å². The van der Waals surface area contributed by atoms with Gasteiger partial charge in [0.05, 0.1) is 11.7 Å². The van der Waals surface area contributed by atoms with Crippen LogP contribution in [0.5, 0.6) is 0 Å². The number of carbonyl (C=O) groups excluding carboxylic acids is 2. The molecule has 1 aliphatic rings. The van der Waals surface area contributed by atoms with Gasteiger partial charge in [0.25, 0.3) is 0 Å². The van der Waals surface area contributed by atoms with Crippen LogP contribution in [0, 0.1) is 0 Å². The molecule has 2 amide bonds. The summed E-state index contributed by atoms with van der Waals surface area (Å²) in [5.41, 5.74) is 6.91. The van der Waals surface area contributed by atoms with Gasteiger partial charge >= 0.3 is 11.8 Å². The molecule has 122 valence electrons. The van der Waals surface area contributed by atoms with E-state index in [4.69, 9.17) is 5.73 Å². The Morgan fingerprint density at radius 3 is 2.78 bits per heavy atom. The van der Waals surface area contributed by atoms with E-state index in [2.05, 4.69) is 20.4 Å². The lowest BCUT2D eigenvalue weighted by Gasteiger charge is -2.34. The van der Waals surface area contributed by atoms with Crippen LogP contribution in [-0.2, 0) is 9.59 Å². The van der Waals surface area contributed by atoms with Crippen molar-refractivity contribution in [3.8, 4) is 0 Å². The lowest BCUT2D eigenvalue weighted by atomic mass is 10.2. The number of carbonyl (C=O) groups is 2. The van der Waals surface area contributed by atoms with Crippen LogP contribution in [0.4, 0.5) is 5.69 Å². The fourth-order valence-electron chi connectivity index (χ4n) is 2.70. The second-order valence-corrected chi connectivity index (χ2v) is 5.55. The van der Waals surface area contributed by atoms with Gasteiger partial charge in [-0.25, -0.2) is 0 Å². The maximum absolute atomic E-state index is 12.2.